The average Bonchev–Trinajstić information content (AvgIpc) is 3.29. The summed E-state index contributed by atoms with van der Waals surface area (Å²) in [6.45, 7) is 1.46. The summed E-state index contributed by atoms with van der Waals surface area (Å²) in [7, 11) is 0. The molecule has 142 valence electrons. The lowest BCUT2D eigenvalue weighted by Gasteiger charge is -2.15. The minimum atomic E-state index is -0.664. The number of fused-ring (bicyclic) bond motifs is 2. The highest BCUT2D eigenvalue weighted by atomic mass is 16.6. The number of para-hydroxylation sites is 2. The van der Waals surface area contributed by atoms with E-state index in [0.717, 1.165) is 27.4 Å². The first-order valence-electron chi connectivity index (χ1n) is 9.06. The van der Waals surface area contributed by atoms with Gasteiger partial charge in [-0.15, -0.1) is 0 Å². The van der Waals surface area contributed by atoms with Gasteiger partial charge in [0.2, 0.25) is 0 Å². The molecule has 0 aliphatic carbocycles. The van der Waals surface area contributed by atoms with Crippen LogP contribution in [0.5, 0.6) is 0 Å². The molecule has 2 heterocycles. The van der Waals surface area contributed by atoms with E-state index in [1.54, 1.807) is 0 Å². The summed E-state index contributed by atoms with van der Waals surface area (Å²) in [5, 5.41) is 4.64. The van der Waals surface area contributed by atoms with Crippen molar-refractivity contribution in [3.63, 3.8) is 0 Å². The summed E-state index contributed by atoms with van der Waals surface area (Å²) in [6, 6.07) is 16.6. The number of nitrogens with one attached hydrogen (secondary N) is 2. The van der Waals surface area contributed by atoms with Crippen molar-refractivity contribution in [2.45, 2.75) is 26.0 Å². The molecule has 0 saturated carbocycles. The topological polar surface area (TPSA) is 84.3 Å². The van der Waals surface area contributed by atoms with Crippen LogP contribution in [0.15, 0.2) is 65.2 Å². The maximum absolute atomic E-state index is 12.2. The largest absolute Gasteiger partial charge is 0.457 e. The van der Waals surface area contributed by atoms with Crippen molar-refractivity contribution in [1.29, 1.82) is 0 Å². The standard InChI is InChI=1S/C22H20N2O4/c1-14(25)20(11-16-12-23-19-8-4-3-7-18(16)19)24-22(26)27-13-17-10-15-6-2-5-9-21(15)28-17/h2-10,12,20,23H,11,13H2,1H3,(H,24,26). The molecule has 0 aliphatic rings. The number of aromatic nitrogens is 1. The molecule has 0 fully saturated rings. The molecular weight excluding hydrogens is 356 g/mol. The number of carbonyl (C=O) groups is 2. The average molecular weight is 376 g/mol. The van der Waals surface area contributed by atoms with E-state index in [9.17, 15) is 9.59 Å². The van der Waals surface area contributed by atoms with E-state index in [1.807, 2.05) is 60.8 Å². The lowest BCUT2D eigenvalue weighted by Crippen LogP contribution is -2.41. The minimum Gasteiger partial charge on any atom is -0.457 e. The third-order valence-electron chi connectivity index (χ3n) is 4.70. The summed E-state index contributed by atoms with van der Waals surface area (Å²) >= 11 is 0. The van der Waals surface area contributed by atoms with Crippen LogP contribution in [0.1, 0.15) is 18.2 Å². The zero-order valence-corrected chi connectivity index (χ0v) is 15.4. The molecule has 0 aliphatic heterocycles. The van der Waals surface area contributed by atoms with Gasteiger partial charge in [0.05, 0.1) is 6.04 Å². The van der Waals surface area contributed by atoms with E-state index in [-0.39, 0.29) is 12.4 Å². The molecule has 1 unspecified atom stereocenters. The molecule has 1 amide bonds. The van der Waals surface area contributed by atoms with Crippen LogP contribution >= 0.6 is 0 Å². The van der Waals surface area contributed by atoms with Gasteiger partial charge in [0.25, 0.3) is 0 Å². The number of Topliss-reactive ketones (excluding diaryl/α,β-unsaturated/α-hetero) is 1. The predicted molar refractivity (Wildman–Crippen MR) is 106 cm³/mol. The Morgan fingerprint density at radius 2 is 1.93 bits per heavy atom. The zero-order valence-electron chi connectivity index (χ0n) is 15.4. The number of ketones is 1. The number of H-pyrrole nitrogens is 1. The molecule has 6 nitrogen and oxygen atoms in total. The van der Waals surface area contributed by atoms with E-state index >= 15 is 0 Å². The van der Waals surface area contributed by atoms with Gasteiger partial charge < -0.3 is 19.5 Å². The van der Waals surface area contributed by atoms with E-state index < -0.39 is 12.1 Å². The second kappa shape index (κ2) is 7.60. The number of rotatable bonds is 6. The van der Waals surface area contributed by atoms with Crippen LogP contribution in [-0.4, -0.2) is 22.9 Å². The van der Waals surface area contributed by atoms with Crippen LogP contribution < -0.4 is 5.32 Å². The third kappa shape index (κ3) is 3.76. The highest BCUT2D eigenvalue weighted by Crippen LogP contribution is 2.20. The summed E-state index contributed by atoms with van der Waals surface area (Å²) in [5.74, 6) is 0.415. The maximum Gasteiger partial charge on any atom is 0.408 e. The summed E-state index contributed by atoms with van der Waals surface area (Å²) < 4.78 is 10.9. The Kier molecular flexibility index (Phi) is 4.85. The Morgan fingerprint density at radius 3 is 2.75 bits per heavy atom. The van der Waals surface area contributed by atoms with E-state index in [2.05, 4.69) is 10.3 Å². The van der Waals surface area contributed by atoms with Crippen molar-refractivity contribution in [2.24, 2.45) is 0 Å². The monoisotopic (exact) mass is 376 g/mol. The normalized spacial score (nSPS) is 12.2. The molecule has 2 aromatic carbocycles. The molecule has 4 rings (SSSR count). The molecular formula is C22H20N2O4. The molecule has 28 heavy (non-hydrogen) atoms. The second-order valence-corrected chi connectivity index (χ2v) is 6.70. The number of benzene rings is 2. The fourth-order valence-corrected chi connectivity index (χ4v) is 3.25. The molecule has 1 atom stereocenters. The Morgan fingerprint density at radius 1 is 1.14 bits per heavy atom. The van der Waals surface area contributed by atoms with Gasteiger partial charge in [0.15, 0.2) is 12.4 Å². The number of furan rings is 1. The van der Waals surface area contributed by atoms with Crippen LogP contribution in [0.4, 0.5) is 4.79 Å². The fraction of sp³-hybridized carbons (Fsp3) is 0.182. The molecule has 4 aromatic rings. The van der Waals surface area contributed by atoms with Gasteiger partial charge in [-0.25, -0.2) is 4.79 Å². The smallest absolute Gasteiger partial charge is 0.408 e. The molecule has 6 heteroatoms. The highest BCUT2D eigenvalue weighted by molar-refractivity contribution is 5.88. The van der Waals surface area contributed by atoms with Gasteiger partial charge in [-0.2, -0.15) is 0 Å². The summed E-state index contributed by atoms with van der Waals surface area (Å²) in [5.41, 5.74) is 2.70. The molecule has 0 bridgehead atoms. The number of ether oxygens (including phenoxy) is 1. The van der Waals surface area contributed by atoms with Gasteiger partial charge in [-0.3, -0.25) is 4.79 Å². The quantitative estimate of drug-likeness (QED) is 0.524. The Balaban J connectivity index is 1.39. The predicted octanol–water partition coefficient (Wildman–Crippen LogP) is 4.34. The van der Waals surface area contributed by atoms with Gasteiger partial charge in [0, 0.05) is 28.9 Å². The van der Waals surface area contributed by atoms with Gasteiger partial charge in [-0.1, -0.05) is 36.4 Å². The maximum atomic E-state index is 12.2. The van der Waals surface area contributed by atoms with Crippen molar-refractivity contribution < 1.29 is 18.7 Å². The first-order chi connectivity index (χ1) is 13.6. The van der Waals surface area contributed by atoms with Crippen molar-refractivity contribution >= 4 is 33.7 Å². The second-order valence-electron chi connectivity index (χ2n) is 6.70. The molecule has 0 saturated heterocycles. The third-order valence-corrected chi connectivity index (χ3v) is 4.70. The van der Waals surface area contributed by atoms with Gasteiger partial charge in [-0.05, 0) is 30.7 Å². The van der Waals surface area contributed by atoms with Crippen molar-refractivity contribution in [2.75, 3.05) is 0 Å². The number of amides is 1. The fourth-order valence-electron chi connectivity index (χ4n) is 3.25. The van der Waals surface area contributed by atoms with E-state index in [0.29, 0.717) is 12.2 Å². The highest BCUT2D eigenvalue weighted by Gasteiger charge is 2.20. The van der Waals surface area contributed by atoms with Crippen LogP contribution in [-0.2, 0) is 22.6 Å². The molecule has 2 aromatic heterocycles. The van der Waals surface area contributed by atoms with Crippen molar-refractivity contribution in [3.8, 4) is 0 Å². The lowest BCUT2D eigenvalue weighted by atomic mass is 10.0. The number of carbonyl (C=O) groups excluding carboxylic acids is 2. The van der Waals surface area contributed by atoms with Crippen LogP contribution in [0.2, 0.25) is 0 Å². The molecule has 0 spiro atoms. The van der Waals surface area contributed by atoms with E-state index in [1.165, 1.54) is 6.92 Å². The van der Waals surface area contributed by atoms with Gasteiger partial charge in [0.1, 0.15) is 11.3 Å². The Bertz CT molecular complexity index is 1110. The number of alkyl carbamates (subject to hydrolysis) is 1. The number of hydrogen-bond donors (Lipinski definition) is 2. The first kappa shape index (κ1) is 17.9. The lowest BCUT2D eigenvalue weighted by molar-refractivity contribution is -0.118. The zero-order chi connectivity index (χ0) is 19.5. The van der Waals surface area contributed by atoms with Crippen molar-refractivity contribution in [1.82, 2.24) is 10.3 Å². The molecule has 2 N–H and O–H groups in total. The Labute approximate surface area is 161 Å². The minimum absolute atomic E-state index is 0.00176. The number of aromatic amines is 1. The van der Waals surface area contributed by atoms with Crippen molar-refractivity contribution in [3.05, 3.63) is 72.1 Å². The summed E-state index contributed by atoms with van der Waals surface area (Å²) in [6.07, 6.45) is 1.60. The summed E-state index contributed by atoms with van der Waals surface area (Å²) in [4.78, 5) is 27.4. The number of hydrogen-bond acceptors (Lipinski definition) is 4. The van der Waals surface area contributed by atoms with Gasteiger partial charge >= 0.3 is 6.09 Å². The van der Waals surface area contributed by atoms with E-state index in [4.69, 9.17) is 9.15 Å². The van der Waals surface area contributed by atoms with Crippen LogP contribution in [0, 0.1) is 0 Å². The van der Waals surface area contributed by atoms with Crippen LogP contribution in [0.25, 0.3) is 21.9 Å². The first-order valence-corrected chi connectivity index (χ1v) is 9.06. The molecule has 0 radical (unpaired) electrons. The SMILES string of the molecule is CC(=O)C(Cc1c[nH]c2ccccc12)NC(=O)OCc1cc2ccccc2o1. The Hall–Kier alpha value is -3.54. The van der Waals surface area contributed by atoms with Crippen LogP contribution in [0.3, 0.4) is 0 Å².